The van der Waals surface area contributed by atoms with Crippen LogP contribution in [0.15, 0.2) is 24.3 Å². The second-order valence-corrected chi connectivity index (χ2v) is 8.44. The van der Waals surface area contributed by atoms with Gasteiger partial charge in [-0.25, -0.2) is 0 Å². The zero-order valence-corrected chi connectivity index (χ0v) is 14.5. The minimum absolute atomic E-state index is 0.462. The van der Waals surface area contributed by atoms with Gasteiger partial charge in [-0.3, -0.25) is 9.69 Å². The molecule has 1 aromatic heterocycles. The number of amides is 1. The summed E-state index contributed by atoms with van der Waals surface area (Å²) in [6.45, 7) is 2.14. The van der Waals surface area contributed by atoms with Crippen molar-refractivity contribution in [2.75, 3.05) is 13.1 Å². The zero-order valence-electron chi connectivity index (χ0n) is 14.5. The van der Waals surface area contributed by atoms with Gasteiger partial charge in [0.15, 0.2) is 0 Å². The van der Waals surface area contributed by atoms with Crippen molar-refractivity contribution in [3.63, 3.8) is 0 Å². The number of aromatic amines is 1. The fourth-order valence-corrected chi connectivity index (χ4v) is 6.81. The molecule has 2 bridgehead atoms. The van der Waals surface area contributed by atoms with Crippen LogP contribution in [-0.4, -0.2) is 46.4 Å². The first-order chi connectivity index (χ1) is 12.4. The molecule has 5 aliphatic rings. The molecular formula is C21H25N3O. The SMILES string of the molecule is O=CN1CCC[C@H]2[C@@H]1[C@@H]1CC[C@H]2N2CCc3c([nH]c4ccccc34)[C@H]12. The molecule has 4 heteroatoms. The number of nitrogens with one attached hydrogen (secondary N) is 1. The molecule has 0 radical (unpaired) electrons. The minimum atomic E-state index is 0.462. The van der Waals surface area contributed by atoms with Gasteiger partial charge in [-0.15, -0.1) is 0 Å². The summed E-state index contributed by atoms with van der Waals surface area (Å²) in [5, 5.41) is 1.41. The summed E-state index contributed by atoms with van der Waals surface area (Å²) in [5.41, 5.74) is 4.27. The number of aromatic nitrogens is 1. The van der Waals surface area contributed by atoms with Gasteiger partial charge in [0, 0.05) is 47.7 Å². The van der Waals surface area contributed by atoms with Crippen molar-refractivity contribution in [1.82, 2.24) is 14.8 Å². The van der Waals surface area contributed by atoms with Gasteiger partial charge in [0.2, 0.25) is 6.41 Å². The van der Waals surface area contributed by atoms with Crippen LogP contribution < -0.4 is 0 Å². The lowest BCUT2D eigenvalue weighted by Crippen LogP contribution is -2.67. The van der Waals surface area contributed by atoms with Gasteiger partial charge >= 0.3 is 0 Å². The number of nitrogens with zero attached hydrogens (tertiary/aromatic N) is 2. The van der Waals surface area contributed by atoms with Crippen molar-refractivity contribution in [3.05, 3.63) is 35.5 Å². The van der Waals surface area contributed by atoms with Crippen molar-refractivity contribution < 1.29 is 4.79 Å². The van der Waals surface area contributed by atoms with E-state index >= 15 is 0 Å². The predicted molar refractivity (Wildman–Crippen MR) is 97.2 cm³/mol. The van der Waals surface area contributed by atoms with E-state index in [9.17, 15) is 4.79 Å². The maximum atomic E-state index is 11.7. The molecule has 1 amide bonds. The number of H-pyrrole nitrogens is 1. The average molecular weight is 335 g/mol. The Morgan fingerprint density at radius 2 is 2.00 bits per heavy atom. The molecule has 1 aromatic carbocycles. The summed E-state index contributed by atoms with van der Waals surface area (Å²) >= 11 is 0. The Morgan fingerprint density at radius 1 is 1.08 bits per heavy atom. The molecule has 1 aliphatic carbocycles. The van der Waals surface area contributed by atoms with Crippen molar-refractivity contribution in [2.24, 2.45) is 11.8 Å². The largest absolute Gasteiger partial charge is 0.357 e. The standard InChI is InChI=1S/C21H25N3O/c25-12-23-10-3-5-15-18-8-7-16(20(15)23)21-19-14(9-11-24(18)21)13-4-1-2-6-17(13)22-19/h1-2,4,6,12,15-16,18,20-22H,3,5,7-11H2/t15-,16+,18-,20-,21+/m1/s1. The Labute approximate surface area is 148 Å². The van der Waals surface area contributed by atoms with Gasteiger partial charge in [0.25, 0.3) is 0 Å². The highest BCUT2D eigenvalue weighted by Crippen LogP contribution is 2.55. The molecule has 0 spiro atoms. The third-order valence-corrected chi connectivity index (χ3v) is 7.59. The Morgan fingerprint density at radius 3 is 2.92 bits per heavy atom. The molecule has 5 atom stereocenters. The van der Waals surface area contributed by atoms with Crippen LogP contribution in [0.3, 0.4) is 0 Å². The molecule has 7 rings (SSSR count). The van der Waals surface area contributed by atoms with E-state index in [0.717, 1.165) is 19.4 Å². The van der Waals surface area contributed by atoms with Crippen LogP contribution in [0.1, 0.15) is 43.0 Å². The molecule has 4 nitrogen and oxygen atoms in total. The lowest BCUT2D eigenvalue weighted by Gasteiger charge is -2.63. The van der Waals surface area contributed by atoms with E-state index in [4.69, 9.17) is 0 Å². The summed E-state index contributed by atoms with van der Waals surface area (Å²) < 4.78 is 0. The highest BCUT2D eigenvalue weighted by molar-refractivity contribution is 5.85. The van der Waals surface area contributed by atoms with E-state index in [0.29, 0.717) is 30.0 Å². The summed E-state index contributed by atoms with van der Waals surface area (Å²) in [6, 6.07) is 10.4. The lowest BCUT2D eigenvalue weighted by molar-refractivity contribution is -0.149. The number of likely N-dealkylation sites (tertiary alicyclic amines) is 1. The van der Waals surface area contributed by atoms with Crippen molar-refractivity contribution in [3.8, 4) is 0 Å². The molecule has 0 unspecified atom stereocenters. The molecule has 4 fully saturated rings. The second-order valence-electron chi connectivity index (χ2n) is 8.44. The van der Waals surface area contributed by atoms with E-state index in [1.54, 1.807) is 0 Å². The zero-order chi connectivity index (χ0) is 16.5. The highest BCUT2D eigenvalue weighted by atomic mass is 16.1. The average Bonchev–Trinajstić information content (AvgIpc) is 3.06. The number of hydrogen-bond donors (Lipinski definition) is 1. The fraction of sp³-hybridized carbons (Fsp3) is 0.571. The molecule has 2 aromatic rings. The number of fused-ring (bicyclic) bond motifs is 4. The molecule has 5 heterocycles. The van der Waals surface area contributed by atoms with Gasteiger partial charge in [0.05, 0.1) is 6.04 Å². The third kappa shape index (κ3) is 1.78. The molecule has 4 aliphatic heterocycles. The first-order valence-corrected chi connectivity index (χ1v) is 9.93. The Bertz CT molecular complexity index is 843. The van der Waals surface area contributed by atoms with Crippen molar-refractivity contribution in [1.29, 1.82) is 0 Å². The van der Waals surface area contributed by atoms with Crippen LogP contribution in [0.4, 0.5) is 0 Å². The maximum Gasteiger partial charge on any atom is 0.209 e. The number of rotatable bonds is 1. The van der Waals surface area contributed by atoms with E-state index in [1.807, 2.05) is 0 Å². The van der Waals surface area contributed by atoms with Crippen LogP contribution in [0.5, 0.6) is 0 Å². The smallest absolute Gasteiger partial charge is 0.209 e. The number of carbonyl (C=O) groups excluding carboxylic acids is 1. The predicted octanol–water partition coefficient (Wildman–Crippen LogP) is 3.10. The normalized spacial score (nSPS) is 36.8. The minimum Gasteiger partial charge on any atom is -0.357 e. The van der Waals surface area contributed by atoms with Crippen LogP contribution in [-0.2, 0) is 11.2 Å². The van der Waals surface area contributed by atoms with Gasteiger partial charge in [-0.2, -0.15) is 0 Å². The molecular weight excluding hydrogens is 310 g/mol. The topological polar surface area (TPSA) is 39.3 Å². The number of para-hydroxylation sites is 1. The quantitative estimate of drug-likeness (QED) is 0.814. The van der Waals surface area contributed by atoms with E-state index in [1.165, 1.54) is 54.4 Å². The summed E-state index contributed by atoms with van der Waals surface area (Å²) in [6.07, 6.45) is 7.37. The third-order valence-electron chi connectivity index (χ3n) is 7.59. The van der Waals surface area contributed by atoms with Crippen LogP contribution in [0, 0.1) is 11.8 Å². The first kappa shape index (κ1) is 14.4. The highest BCUT2D eigenvalue weighted by Gasteiger charge is 2.57. The molecule has 130 valence electrons. The molecule has 1 saturated carbocycles. The number of carbonyl (C=O) groups is 1. The number of benzene rings is 1. The van der Waals surface area contributed by atoms with Gasteiger partial charge in [-0.05, 0) is 49.7 Å². The van der Waals surface area contributed by atoms with E-state index in [-0.39, 0.29) is 0 Å². The Hall–Kier alpha value is -1.81. The first-order valence-electron chi connectivity index (χ1n) is 9.93. The van der Waals surface area contributed by atoms with Crippen LogP contribution >= 0.6 is 0 Å². The lowest BCUT2D eigenvalue weighted by atomic mass is 9.61. The maximum absolute atomic E-state index is 11.7. The van der Waals surface area contributed by atoms with Gasteiger partial charge in [-0.1, -0.05) is 18.2 Å². The number of hydrogen-bond acceptors (Lipinski definition) is 2. The molecule has 25 heavy (non-hydrogen) atoms. The molecule has 3 saturated heterocycles. The van der Waals surface area contributed by atoms with E-state index in [2.05, 4.69) is 39.0 Å². The number of piperidine rings is 3. The fourth-order valence-electron chi connectivity index (χ4n) is 6.81. The second kappa shape index (κ2) is 5.10. The van der Waals surface area contributed by atoms with Crippen LogP contribution in [0.25, 0.3) is 10.9 Å². The van der Waals surface area contributed by atoms with Gasteiger partial charge in [0.1, 0.15) is 0 Å². The van der Waals surface area contributed by atoms with E-state index < -0.39 is 0 Å². The van der Waals surface area contributed by atoms with Gasteiger partial charge < -0.3 is 9.88 Å². The summed E-state index contributed by atoms with van der Waals surface area (Å²) in [5.74, 6) is 1.28. The van der Waals surface area contributed by atoms with Crippen LogP contribution in [0.2, 0.25) is 0 Å². The Balaban J connectivity index is 1.50. The monoisotopic (exact) mass is 335 g/mol. The summed E-state index contributed by atoms with van der Waals surface area (Å²) in [4.78, 5) is 20.5. The molecule has 1 N–H and O–H groups in total. The van der Waals surface area contributed by atoms with Crippen molar-refractivity contribution in [2.45, 2.75) is 50.2 Å². The summed E-state index contributed by atoms with van der Waals surface area (Å²) in [7, 11) is 0. The Kier molecular flexibility index (Phi) is 2.93. The van der Waals surface area contributed by atoms with Crippen molar-refractivity contribution >= 4 is 17.3 Å².